The van der Waals surface area contributed by atoms with E-state index < -0.39 is 10.0 Å². The maximum Gasteiger partial charge on any atom is 0.240 e. The second-order valence-electron chi connectivity index (χ2n) is 6.81. The highest BCUT2D eigenvalue weighted by Gasteiger charge is 2.27. The number of aryl methyl sites for hydroxylation is 1. The molecule has 0 radical (unpaired) electrons. The third-order valence-corrected chi connectivity index (χ3v) is 5.72. The molecule has 0 amide bonds. The fraction of sp³-hybridized carbons (Fsp3) is 0.368. The minimum Gasteiger partial charge on any atom is -0.497 e. The summed E-state index contributed by atoms with van der Waals surface area (Å²) in [5.74, 6) is 1.47. The van der Waals surface area contributed by atoms with E-state index in [0.717, 1.165) is 29.7 Å². The molecule has 0 bridgehead atoms. The SMILES string of the molecule is COc1cccc(CNS(=O)(=O)c2ccc3c(c2)CCC(C)(C)O3)c1. The quantitative estimate of drug-likeness (QED) is 0.888. The maximum absolute atomic E-state index is 12.6. The predicted octanol–water partition coefficient (Wildman–Crippen LogP) is 3.28. The van der Waals surface area contributed by atoms with Crippen molar-refractivity contribution in [2.45, 2.75) is 43.7 Å². The van der Waals surface area contributed by atoms with Gasteiger partial charge in [0.05, 0.1) is 12.0 Å². The van der Waals surface area contributed by atoms with Crippen molar-refractivity contribution in [2.24, 2.45) is 0 Å². The molecule has 0 unspecified atom stereocenters. The Balaban J connectivity index is 1.76. The van der Waals surface area contributed by atoms with E-state index in [2.05, 4.69) is 4.72 Å². The zero-order valence-corrected chi connectivity index (χ0v) is 15.5. The number of ether oxygens (including phenoxy) is 2. The van der Waals surface area contributed by atoms with Crippen LogP contribution in [0, 0.1) is 0 Å². The van der Waals surface area contributed by atoms with Crippen molar-refractivity contribution in [1.82, 2.24) is 4.72 Å². The van der Waals surface area contributed by atoms with E-state index in [9.17, 15) is 8.42 Å². The molecular weight excluding hydrogens is 338 g/mol. The van der Waals surface area contributed by atoms with Crippen LogP contribution < -0.4 is 14.2 Å². The molecule has 2 aromatic carbocycles. The summed E-state index contributed by atoms with van der Waals surface area (Å²) in [4.78, 5) is 0.262. The molecule has 1 aliphatic heterocycles. The van der Waals surface area contributed by atoms with Crippen LogP contribution in [0.5, 0.6) is 11.5 Å². The normalized spacial score (nSPS) is 16.0. The van der Waals surface area contributed by atoms with Crippen LogP contribution in [0.15, 0.2) is 47.4 Å². The van der Waals surface area contributed by atoms with Gasteiger partial charge in [0.25, 0.3) is 0 Å². The highest BCUT2D eigenvalue weighted by Crippen LogP contribution is 2.34. The van der Waals surface area contributed by atoms with Crippen LogP contribution in [0.3, 0.4) is 0 Å². The summed E-state index contributed by atoms with van der Waals surface area (Å²) in [6.07, 6.45) is 1.67. The van der Waals surface area contributed by atoms with Crippen LogP contribution in [0.25, 0.3) is 0 Å². The zero-order chi connectivity index (χ0) is 18.1. The maximum atomic E-state index is 12.6. The number of rotatable bonds is 5. The fourth-order valence-corrected chi connectivity index (χ4v) is 3.91. The molecule has 1 N–H and O–H groups in total. The first-order valence-corrected chi connectivity index (χ1v) is 9.72. The average Bonchev–Trinajstić information content (AvgIpc) is 2.59. The van der Waals surface area contributed by atoms with E-state index in [-0.39, 0.29) is 17.0 Å². The number of benzene rings is 2. The lowest BCUT2D eigenvalue weighted by Gasteiger charge is -2.32. The lowest BCUT2D eigenvalue weighted by Crippen LogP contribution is -2.32. The van der Waals surface area contributed by atoms with Gasteiger partial charge in [-0.05, 0) is 68.1 Å². The van der Waals surface area contributed by atoms with Gasteiger partial charge in [0.1, 0.15) is 17.1 Å². The minimum absolute atomic E-state index is 0.208. The van der Waals surface area contributed by atoms with Crippen molar-refractivity contribution in [3.8, 4) is 11.5 Å². The Labute approximate surface area is 149 Å². The van der Waals surface area contributed by atoms with Crippen molar-refractivity contribution < 1.29 is 17.9 Å². The molecule has 0 fully saturated rings. The average molecular weight is 361 g/mol. The molecule has 1 aliphatic rings. The number of hydrogen-bond donors (Lipinski definition) is 1. The highest BCUT2D eigenvalue weighted by atomic mass is 32.2. The Morgan fingerprint density at radius 1 is 1.20 bits per heavy atom. The van der Waals surface area contributed by atoms with Gasteiger partial charge in [0, 0.05) is 6.54 Å². The molecule has 0 aliphatic carbocycles. The molecule has 3 rings (SSSR count). The van der Waals surface area contributed by atoms with Gasteiger partial charge in [0.15, 0.2) is 0 Å². The second-order valence-corrected chi connectivity index (χ2v) is 8.57. The molecule has 0 saturated carbocycles. The van der Waals surface area contributed by atoms with Gasteiger partial charge in [-0.1, -0.05) is 12.1 Å². The van der Waals surface area contributed by atoms with Gasteiger partial charge in [-0.15, -0.1) is 0 Å². The lowest BCUT2D eigenvalue weighted by atomic mass is 9.94. The summed E-state index contributed by atoms with van der Waals surface area (Å²) in [6, 6.07) is 12.4. The second kappa shape index (κ2) is 6.69. The van der Waals surface area contributed by atoms with Crippen molar-refractivity contribution >= 4 is 10.0 Å². The zero-order valence-electron chi connectivity index (χ0n) is 14.7. The minimum atomic E-state index is -3.59. The number of hydrogen-bond acceptors (Lipinski definition) is 4. The molecule has 2 aromatic rings. The van der Waals surface area contributed by atoms with Crippen LogP contribution in [-0.4, -0.2) is 21.1 Å². The molecular formula is C19H23NO4S. The molecule has 0 aromatic heterocycles. The summed E-state index contributed by atoms with van der Waals surface area (Å²) < 4.78 is 38.9. The number of fused-ring (bicyclic) bond motifs is 1. The van der Waals surface area contributed by atoms with Crippen molar-refractivity contribution in [3.63, 3.8) is 0 Å². The van der Waals surface area contributed by atoms with E-state index in [1.165, 1.54) is 0 Å². The molecule has 1 heterocycles. The summed E-state index contributed by atoms with van der Waals surface area (Å²) >= 11 is 0. The van der Waals surface area contributed by atoms with Gasteiger partial charge in [-0.25, -0.2) is 13.1 Å². The number of nitrogens with one attached hydrogen (secondary N) is 1. The first kappa shape index (κ1) is 17.8. The third kappa shape index (κ3) is 4.14. The van der Waals surface area contributed by atoms with E-state index in [4.69, 9.17) is 9.47 Å². The van der Waals surface area contributed by atoms with Crippen LogP contribution in [-0.2, 0) is 23.0 Å². The lowest BCUT2D eigenvalue weighted by molar-refractivity contribution is 0.0845. The summed E-state index contributed by atoms with van der Waals surface area (Å²) in [6.45, 7) is 4.28. The Kier molecular flexibility index (Phi) is 4.75. The van der Waals surface area contributed by atoms with Crippen LogP contribution >= 0.6 is 0 Å². The van der Waals surface area contributed by atoms with E-state index in [0.29, 0.717) is 5.75 Å². The summed E-state index contributed by atoms with van der Waals surface area (Å²) in [7, 11) is -2.00. The Hall–Kier alpha value is -2.05. The smallest absolute Gasteiger partial charge is 0.240 e. The van der Waals surface area contributed by atoms with Crippen LogP contribution in [0.2, 0.25) is 0 Å². The monoisotopic (exact) mass is 361 g/mol. The standard InChI is InChI=1S/C19H23NO4S/c1-19(2)10-9-15-12-17(7-8-18(15)24-19)25(21,22)20-13-14-5-4-6-16(11-14)23-3/h4-8,11-12,20H,9-10,13H2,1-3H3. The van der Waals surface area contributed by atoms with Crippen molar-refractivity contribution in [1.29, 1.82) is 0 Å². The predicted molar refractivity (Wildman–Crippen MR) is 96.5 cm³/mol. The van der Waals surface area contributed by atoms with Gasteiger partial charge >= 0.3 is 0 Å². The number of sulfonamides is 1. The molecule has 5 nitrogen and oxygen atoms in total. The molecule has 25 heavy (non-hydrogen) atoms. The Morgan fingerprint density at radius 3 is 2.76 bits per heavy atom. The Bertz CT molecular complexity index is 875. The topological polar surface area (TPSA) is 64.6 Å². The van der Waals surface area contributed by atoms with E-state index in [1.54, 1.807) is 25.3 Å². The highest BCUT2D eigenvalue weighted by molar-refractivity contribution is 7.89. The van der Waals surface area contributed by atoms with Gasteiger partial charge in [0.2, 0.25) is 10.0 Å². The molecule has 6 heteroatoms. The summed E-state index contributed by atoms with van der Waals surface area (Å²) in [5.41, 5.74) is 1.56. The first-order chi connectivity index (χ1) is 11.8. The van der Waals surface area contributed by atoms with Gasteiger partial charge in [-0.2, -0.15) is 0 Å². The van der Waals surface area contributed by atoms with Gasteiger partial charge in [-0.3, -0.25) is 0 Å². The van der Waals surface area contributed by atoms with E-state index in [1.807, 2.05) is 38.1 Å². The largest absolute Gasteiger partial charge is 0.497 e. The van der Waals surface area contributed by atoms with Crippen molar-refractivity contribution in [2.75, 3.05) is 7.11 Å². The molecule has 0 atom stereocenters. The molecule has 134 valence electrons. The third-order valence-electron chi connectivity index (χ3n) is 4.33. The molecule has 0 spiro atoms. The van der Waals surface area contributed by atoms with Crippen molar-refractivity contribution in [3.05, 3.63) is 53.6 Å². The van der Waals surface area contributed by atoms with Gasteiger partial charge < -0.3 is 9.47 Å². The van der Waals surface area contributed by atoms with Crippen LogP contribution in [0.1, 0.15) is 31.4 Å². The fourth-order valence-electron chi connectivity index (χ4n) is 2.85. The Morgan fingerprint density at radius 2 is 2.00 bits per heavy atom. The van der Waals surface area contributed by atoms with Crippen LogP contribution in [0.4, 0.5) is 0 Å². The number of methoxy groups -OCH3 is 1. The summed E-state index contributed by atoms with van der Waals surface area (Å²) in [5, 5.41) is 0. The first-order valence-electron chi connectivity index (χ1n) is 8.24. The molecule has 0 saturated heterocycles. The van der Waals surface area contributed by atoms with E-state index >= 15 is 0 Å².